The molecule has 0 aliphatic rings. The van der Waals surface area contributed by atoms with E-state index in [2.05, 4.69) is 29.4 Å². The maximum absolute atomic E-state index is 5.20. The van der Waals surface area contributed by atoms with Gasteiger partial charge in [-0.05, 0) is 44.2 Å². The van der Waals surface area contributed by atoms with E-state index in [0.29, 0.717) is 0 Å². The SMILES string of the molecule is COc1ccc(N=c2scc(C)n2N=Cc2c(C)[nH]c3ccccc23)cc1. The molecule has 2 aromatic heterocycles. The Morgan fingerprint density at radius 1 is 1.07 bits per heavy atom. The number of hydrogen-bond acceptors (Lipinski definition) is 4. The number of nitrogens with one attached hydrogen (secondary N) is 1. The first kappa shape index (κ1) is 17.3. The number of aromatic nitrogens is 2. The third-order valence-electron chi connectivity index (χ3n) is 4.39. The molecule has 6 heteroatoms. The quantitative estimate of drug-likeness (QED) is 0.513. The van der Waals surface area contributed by atoms with Crippen LogP contribution in [0.1, 0.15) is 17.0 Å². The number of aromatic amines is 1. The fourth-order valence-corrected chi connectivity index (χ4v) is 3.78. The minimum atomic E-state index is 0.817. The molecule has 0 amide bonds. The zero-order valence-corrected chi connectivity index (χ0v) is 16.2. The Labute approximate surface area is 161 Å². The van der Waals surface area contributed by atoms with Gasteiger partial charge in [0.1, 0.15) is 5.75 Å². The fraction of sp³-hybridized carbons (Fsp3) is 0.143. The maximum Gasteiger partial charge on any atom is 0.211 e. The number of H-pyrrole nitrogens is 1. The lowest BCUT2D eigenvalue weighted by molar-refractivity contribution is 0.415. The molecule has 0 aliphatic heterocycles. The predicted molar refractivity (Wildman–Crippen MR) is 111 cm³/mol. The number of benzene rings is 2. The Morgan fingerprint density at radius 3 is 2.63 bits per heavy atom. The van der Waals surface area contributed by atoms with Gasteiger partial charge in [0.2, 0.25) is 4.80 Å². The molecule has 1 N–H and O–H groups in total. The lowest BCUT2D eigenvalue weighted by Crippen LogP contribution is -2.11. The highest BCUT2D eigenvalue weighted by Crippen LogP contribution is 2.20. The summed E-state index contributed by atoms with van der Waals surface area (Å²) in [7, 11) is 1.66. The van der Waals surface area contributed by atoms with Crippen molar-refractivity contribution in [1.29, 1.82) is 0 Å². The van der Waals surface area contributed by atoms with E-state index in [-0.39, 0.29) is 0 Å². The van der Waals surface area contributed by atoms with Crippen molar-refractivity contribution in [2.24, 2.45) is 10.1 Å². The van der Waals surface area contributed by atoms with Crippen LogP contribution in [0.15, 0.2) is 64.0 Å². The standard InChI is InChI=1S/C21H20N4OS/c1-14-13-27-21(24-16-8-10-17(26-3)11-9-16)25(14)22-12-19-15(2)23-20-7-5-4-6-18(19)20/h4-13,23H,1-3H3. The molecule has 2 aromatic carbocycles. The van der Waals surface area contributed by atoms with Crippen LogP contribution < -0.4 is 9.54 Å². The van der Waals surface area contributed by atoms with Crippen LogP contribution in [-0.4, -0.2) is 23.0 Å². The monoisotopic (exact) mass is 376 g/mol. The molecule has 4 rings (SSSR count). The number of thiazole rings is 1. The van der Waals surface area contributed by atoms with Crippen LogP contribution in [0.2, 0.25) is 0 Å². The third kappa shape index (κ3) is 3.44. The summed E-state index contributed by atoms with van der Waals surface area (Å²) >= 11 is 1.57. The summed E-state index contributed by atoms with van der Waals surface area (Å²) in [6, 6.07) is 15.9. The van der Waals surface area contributed by atoms with Gasteiger partial charge in [-0.1, -0.05) is 18.2 Å². The van der Waals surface area contributed by atoms with E-state index in [9.17, 15) is 0 Å². The molecule has 136 valence electrons. The van der Waals surface area contributed by atoms with Gasteiger partial charge in [0.25, 0.3) is 0 Å². The van der Waals surface area contributed by atoms with Crippen molar-refractivity contribution in [2.45, 2.75) is 13.8 Å². The summed E-state index contributed by atoms with van der Waals surface area (Å²) in [5.74, 6) is 0.817. The Hall–Kier alpha value is -3.12. The molecular weight excluding hydrogens is 356 g/mol. The second-order valence-corrected chi connectivity index (χ2v) is 7.07. The largest absolute Gasteiger partial charge is 0.497 e. The molecule has 2 heterocycles. The van der Waals surface area contributed by atoms with Gasteiger partial charge in [-0.3, -0.25) is 0 Å². The first-order valence-electron chi connectivity index (χ1n) is 8.63. The topological polar surface area (TPSA) is 54.7 Å². The van der Waals surface area contributed by atoms with Crippen LogP contribution in [-0.2, 0) is 0 Å². The van der Waals surface area contributed by atoms with E-state index < -0.39 is 0 Å². The average molecular weight is 376 g/mol. The van der Waals surface area contributed by atoms with Crippen LogP contribution in [0.25, 0.3) is 10.9 Å². The highest BCUT2D eigenvalue weighted by atomic mass is 32.1. The number of para-hydroxylation sites is 1. The molecule has 0 fully saturated rings. The van der Waals surface area contributed by atoms with Crippen molar-refractivity contribution in [3.63, 3.8) is 0 Å². The second kappa shape index (κ2) is 7.25. The molecule has 0 spiro atoms. The van der Waals surface area contributed by atoms with Gasteiger partial charge >= 0.3 is 0 Å². The van der Waals surface area contributed by atoms with E-state index in [4.69, 9.17) is 14.8 Å². The first-order valence-corrected chi connectivity index (χ1v) is 9.51. The molecule has 0 aliphatic carbocycles. The van der Waals surface area contributed by atoms with Crippen molar-refractivity contribution in [3.8, 4) is 5.75 Å². The number of methoxy groups -OCH3 is 1. The summed E-state index contributed by atoms with van der Waals surface area (Å²) in [5.41, 5.74) is 5.22. The van der Waals surface area contributed by atoms with Gasteiger partial charge in [-0.2, -0.15) is 5.10 Å². The molecule has 0 atom stereocenters. The van der Waals surface area contributed by atoms with Crippen molar-refractivity contribution < 1.29 is 4.74 Å². The predicted octanol–water partition coefficient (Wildman–Crippen LogP) is 4.77. The molecule has 0 bridgehead atoms. The van der Waals surface area contributed by atoms with Gasteiger partial charge in [0, 0.05) is 27.5 Å². The van der Waals surface area contributed by atoms with Gasteiger partial charge in [-0.25, -0.2) is 9.67 Å². The molecule has 0 unspecified atom stereocenters. The van der Waals surface area contributed by atoms with Gasteiger partial charge < -0.3 is 9.72 Å². The van der Waals surface area contributed by atoms with Crippen molar-refractivity contribution in [3.05, 3.63) is 75.7 Å². The van der Waals surface area contributed by atoms with Gasteiger partial charge in [0.15, 0.2) is 0 Å². The number of fused-ring (bicyclic) bond motifs is 1. The van der Waals surface area contributed by atoms with Crippen LogP contribution >= 0.6 is 11.3 Å². The fourth-order valence-electron chi connectivity index (χ4n) is 2.95. The van der Waals surface area contributed by atoms with Crippen LogP contribution in [0.5, 0.6) is 5.75 Å². The molecule has 27 heavy (non-hydrogen) atoms. The molecule has 4 aromatic rings. The molecule has 0 radical (unpaired) electrons. The Morgan fingerprint density at radius 2 is 1.85 bits per heavy atom. The van der Waals surface area contributed by atoms with Gasteiger partial charge in [-0.15, -0.1) is 11.3 Å². The highest BCUT2D eigenvalue weighted by Gasteiger charge is 2.06. The second-order valence-electron chi connectivity index (χ2n) is 6.24. The van der Waals surface area contributed by atoms with Crippen molar-refractivity contribution >= 4 is 34.1 Å². The normalized spacial score (nSPS) is 12.3. The average Bonchev–Trinajstić information content (AvgIpc) is 3.19. The van der Waals surface area contributed by atoms with Crippen molar-refractivity contribution in [1.82, 2.24) is 9.66 Å². The highest BCUT2D eigenvalue weighted by molar-refractivity contribution is 7.07. The summed E-state index contributed by atoms with van der Waals surface area (Å²) in [4.78, 5) is 8.96. The lowest BCUT2D eigenvalue weighted by atomic mass is 10.1. The smallest absolute Gasteiger partial charge is 0.211 e. The number of hydrogen-bond donors (Lipinski definition) is 1. The van der Waals surface area contributed by atoms with Crippen molar-refractivity contribution in [2.75, 3.05) is 7.11 Å². The molecular formula is C21H20N4OS. The third-order valence-corrected chi connectivity index (χ3v) is 5.33. The molecule has 0 saturated carbocycles. The van der Waals surface area contributed by atoms with Crippen LogP contribution in [0.4, 0.5) is 5.69 Å². The summed E-state index contributed by atoms with van der Waals surface area (Å²) in [6.45, 7) is 4.10. The molecule has 5 nitrogen and oxygen atoms in total. The number of rotatable bonds is 4. The Kier molecular flexibility index (Phi) is 4.64. The minimum Gasteiger partial charge on any atom is -0.497 e. The summed E-state index contributed by atoms with van der Waals surface area (Å²) in [6.07, 6.45) is 1.90. The van der Waals surface area contributed by atoms with E-state index in [1.165, 1.54) is 5.39 Å². The van der Waals surface area contributed by atoms with E-state index in [1.54, 1.807) is 18.4 Å². The number of ether oxygens (including phenoxy) is 1. The summed E-state index contributed by atoms with van der Waals surface area (Å²) < 4.78 is 7.07. The molecule has 0 saturated heterocycles. The Bertz CT molecular complexity index is 1180. The maximum atomic E-state index is 5.20. The first-order chi connectivity index (χ1) is 13.2. The van der Waals surface area contributed by atoms with Crippen LogP contribution in [0, 0.1) is 13.8 Å². The van der Waals surface area contributed by atoms with E-state index in [1.807, 2.05) is 54.2 Å². The van der Waals surface area contributed by atoms with Gasteiger partial charge in [0.05, 0.1) is 24.7 Å². The van der Waals surface area contributed by atoms with E-state index in [0.717, 1.165) is 38.7 Å². The number of nitrogens with zero attached hydrogens (tertiary/aromatic N) is 3. The zero-order chi connectivity index (χ0) is 18.8. The Balaban J connectivity index is 1.74. The van der Waals surface area contributed by atoms with E-state index >= 15 is 0 Å². The number of aryl methyl sites for hydroxylation is 2. The van der Waals surface area contributed by atoms with Crippen LogP contribution in [0.3, 0.4) is 0 Å². The summed E-state index contributed by atoms with van der Waals surface area (Å²) in [5, 5.41) is 7.94. The zero-order valence-electron chi connectivity index (χ0n) is 15.4. The minimum absolute atomic E-state index is 0.817. The lowest BCUT2D eigenvalue weighted by Gasteiger charge is -2.00.